The number of aromatic nitrogens is 2. The minimum atomic E-state index is -3.43. The SMILES string of the molecule is CCNC(=NCc1ccc(S(=O)(=O)NC)cc1)NCc1ccccc1Cn1cccn1. The van der Waals surface area contributed by atoms with Crippen LogP contribution in [-0.2, 0) is 29.7 Å². The predicted molar refractivity (Wildman–Crippen MR) is 122 cm³/mol. The average Bonchev–Trinajstić information content (AvgIpc) is 3.30. The number of hydrogen-bond acceptors (Lipinski definition) is 4. The lowest BCUT2D eigenvalue weighted by atomic mass is 10.1. The Bertz CT molecular complexity index is 1090. The van der Waals surface area contributed by atoms with Crippen LogP contribution >= 0.6 is 0 Å². The lowest BCUT2D eigenvalue weighted by Crippen LogP contribution is -2.37. The molecule has 0 aliphatic heterocycles. The molecule has 164 valence electrons. The molecule has 0 atom stereocenters. The van der Waals surface area contributed by atoms with Gasteiger partial charge in [-0.25, -0.2) is 18.1 Å². The van der Waals surface area contributed by atoms with E-state index in [1.807, 2.05) is 36.0 Å². The second-order valence-corrected chi connectivity index (χ2v) is 8.76. The normalized spacial score (nSPS) is 12.0. The zero-order chi connectivity index (χ0) is 22.1. The van der Waals surface area contributed by atoms with Crippen LogP contribution in [0.5, 0.6) is 0 Å². The Morgan fingerprint density at radius 2 is 1.77 bits per heavy atom. The first-order chi connectivity index (χ1) is 15.0. The molecule has 31 heavy (non-hydrogen) atoms. The predicted octanol–water partition coefficient (Wildman–Crippen LogP) is 2.09. The number of rotatable bonds is 9. The number of aliphatic imine (C=N–C) groups is 1. The van der Waals surface area contributed by atoms with Crippen molar-refractivity contribution >= 4 is 16.0 Å². The van der Waals surface area contributed by atoms with Crippen molar-refractivity contribution < 1.29 is 8.42 Å². The van der Waals surface area contributed by atoms with Gasteiger partial charge in [0.1, 0.15) is 0 Å². The fraction of sp³-hybridized carbons (Fsp3) is 0.273. The maximum absolute atomic E-state index is 11.8. The topological polar surface area (TPSA) is 100 Å². The molecule has 0 fully saturated rings. The second-order valence-electron chi connectivity index (χ2n) is 6.87. The van der Waals surface area contributed by atoms with Crippen LogP contribution in [0, 0.1) is 0 Å². The van der Waals surface area contributed by atoms with Crippen molar-refractivity contribution in [3.63, 3.8) is 0 Å². The van der Waals surface area contributed by atoms with Crippen LogP contribution < -0.4 is 15.4 Å². The largest absolute Gasteiger partial charge is 0.357 e. The van der Waals surface area contributed by atoms with Gasteiger partial charge in [0.15, 0.2) is 5.96 Å². The third-order valence-corrected chi connectivity index (χ3v) is 6.15. The summed E-state index contributed by atoms with van der Waals surface area (Å²) >= 11 is 0. The Balaban J connectivity index is 1.66. The van der Waals surface area contributed by atoms with Gasteiger partial charge in [0.05, 0.1) is 18.0 Å². The summed E-state index contributed by atoms with van der Waals surface area (Å²) in [4.78, 5) is 4.87. The van der Waals surface area contributed by atoms with Crippen LogP contribution in [0.2, 0.25) is 0 Å². The lowest BCUT2D eigenvalue weighted by Gasteiger charge is -2.14. The summed E-state index contributed by atoms with van der Waals surface area (Å²) < 4.78 is 27.9. The second kappa shape index (κ2) is 10.7. The highest BCUT2D eigenvalue weighted by atomic mass is 32.2. The molecule has 0 saturated carbocycles. The molecular weight excluding hydrogens is 412 g/mol. The molecule has 0 spiro atoms. The van der Waals surface area contributed by atoms with E-state index in [1.165, 1.54) is 18.2 Å². The first-order valence-corrected chi connectivity index (χ1v) is 11.6. The van der Waals surface area contributed by atoms with Gasteiger partial charge in [-0.1, -0.05) is 36.4 Å². The Morgan fingerprint density at radius 1 is 1.03 bits per heavy atom. The van der Waals surface area contributed by atoms with Gasteiger partial charge in [-0.2, -0.15) is 5.10 Å². The molecule has 0 bridgehead atoms. The Kier molecular flexibility index (Phi) is 7.80. The molecule has 3 N–H and O–H groups in total. The molecule has 2 aromatic carbocycles. The maximum Gasteiger partial charge on any atom is 0.240 e. The maximum atomic E-state index is 11.8. The Labute approximate surface area is 183 Å². The van der Waals surface area contributed by atoms with Gasteiger partial charge in [-0.15, -0.1) is 0 Å². The van der Waals surface area contributed by atoms with Crippen molar-refractivity contribution in [2.24, 2.45) is 4.99 Å². The van der Waals surface area contributed by atoms with E-state index in [4.69, 9.17) is 0 Å². The first-order valence-electron chi connectivity index (χ1n) is 10.1. The summed E-state index contributed by atoms with van der Waals surface area (Å²) in [6.45, 7) is 4.52. The third kappa shape index (κ3) is 6.40. The monoisotopic (exact) mass is 440 g/mol. The van der Waals surface area contributed by atoms with E-state index >= 15 is 0 Å². The molecular formula is C22H28N6O2S. The highest BCUT2D eigenvalue weighted by Crippen LogP contribution is 2.12. The number of sulfonamides is 1. The summed E-state index contributed by atoms with van der Waals surface area (Å²) in [5.74, 6) is 0.698. The van der Waals surface area contributed by atoms with Crippen molar-refractivity contribution in [3.05, 3.63) is 83.7 Å². The van der Waals surface area contributed by atoms with E-state index in [0.717, 1.165) is 12.1 Å². The third-order valence-electron chi connectivity index (χ3n) is 4.72. The summed E-state index contributed by atoms with van der Waals surface area (Å²) in [5, 5.41) is 10.9. The molecule has 3 aromatic rings. The van der Waals surface area contributed by atoms with Gasteiger partial charge in [0, 0.05) is 25.5 Å². The van der Waals surface area contributed by atoms with Crippen molar-refractivity contribution in [2.75, 3.05) is 13.6 Å². The number of guanidine groups is 1. The van der Waals surface area contributed by atoms with Crippen LogP contribution in [0.25, 0.3) is 0 Å². The standard InChI is InChI=1S/C22H28N6O2S/c1-3-24-22(25-15-18-9-11-21(12-10-18)31(29,30)23-2)26-16-19-7-4-5-8-20(19)17-28-14-6-13-27-28/h4-14,23H,3,15-17H2,1-2H3,(H2,24,25,26). The fourth-order valence-electron chi connectivity index (χ4n) is 3.04. The average molecular weight is 441 g/mol. The quantitative estimate of drug-likeness (QED) is 0.349. The molecule has 0 aliphatic rings. The summed E-state index contributed by atoms with van der Waals surface area (Å²) in [7, 11) is -2.04. The first kappa shape index (κ1) is 22.5. The van der Waals surface area contributed by atoms with E-state index in [-0.39, 0.29) is 4.90 Å². The molecule has 0 unspecified atom stereocenters. The van der Waals surface area contributed by atoms with Crippen molar-refractivity contribution in [3.8, 4) is 0 Å². The van der Waals surface area contributed by atoms with Crippen molar-refractivity contribution in [2.45, 2.75) is 31.5 Å². The fourth-order valence-corrected chi connectivity index (χ4v) is 3.77. The minimum absolute atomic E-state index is 0.238. The van der Waals surface area contributed by atoms with Gasteiger partial charge in [-0.3, -0.25) is 4.68 Å². The smallest absolute Gasteiger partial charge is 0.240 e. The van der Waals surface area contributed by atoms with Crippen LogP contribution in [0.3, 0.4) is 0 Å². The number of nitrogens with zero attached hydrogens (tertiary/aromatic N) is 3. The zero-order valence-electron chi connectivity index (χ0n) is 17.7. The molecule has 1 heterocycles. The van der Waals surface area contributed by atoms with Gasteiger partial charge < -0.3 is 10.6 Å². The highest BCUT2D eigenvalue weighted by Gasteiger charge is 2.10. The number of nitrogens with one attached hydrogen (secondary N) is 3. The number of hydrogen-bond donors (Lipinski definition) is 3. The molecule has 3 rings (SSSR count). The van der Waals surface area contributed by atoms with Gasteiger partial charge in [0.25, 0.3) is 0 Å². The van der Waals surface area contributed by atoms with E-state index in [9.17, 15) is 8.42 Å². The molecule has 8 nitrogen and oxygen atoms in total. The minimum Gasteiger partial charge on any atom is -0.357 e. The Hall–Kier alpha value is -3.17. The highest BCUT2D eigenvalue weighted by molar-refractivity contribution is 7.89. The van der Waals surface area contributed by atoms with E-state index in [2.05, 4.69) is 37.6 Å². The summed E-state index contributed by atoms with van der Waals surface area (Å²) in [6.07, 6.45) is 3.72. The lowest BCUT2D eigenvalue weighted by molar-refractivity contribution is 0.588. The molecule has 0 amide bonds. The van der Waals surface area contributed by atoms with Crippen LogP contribution in [0.1, 0.15) is 23.6 Å². The van der Waals surface area contributed by atoms with Gasteiger partial charge in [0.2, 0.25) is 10.0 Å². The Morgan fingerprint density at radius 3 is 2.42 bits per heavy atom. The summed E-state index contributed by atoms with van der Waals surface area (Å²) in [6, 6.07) is 16.9. The molecule has 0 radical (unpaired) electrons. The molecule has 0 saturated heterocycles. The van der Waals surface area contributed by atoms with E-state index in [0.29, 0.717) is 25.6 Å². The van der Waals surface area contributed by atoms with E-state index < -0.39 is 10.0 Å². The van der Waals surface area contributed by atoms with Crippen LogP contribution in [0.15, 0.2) is 76.9 Å². The number of benzene rings is 2. The molecule has 1 aromatic heterocycles. The van der Waals surface area contributed by atoms with Crippen molar-refractivity contribution in [1.29, 1.82) is 0 Å². The molecule has 0 aliphatic carbocycles. The van der Waals surface area contributed by atoms with Gasteiger partial charge in [-0.05, 0) is 48.9 Å². The van der Waals surface area contributed by atoms with Crippen LogP contribution in [-0.4, -0.2) is 37.8 Å². The summed E-state index contributed by atoms with van der Waals surface area (Å²) in [5.41, 5.74) is 3.28. The van der Waals surface area contributed by atoms with Crippen molar-refractivity contribution in [1.82, 2.24) is 25.1 Å². The van der Waals surface area contributed by atoms with Crippen LogP contribution in [0.4, 0.5) is 0 Å². The van der Waals surface area contributed by atoms with Gasteiger partial charge >= 0.3 is 0 Å². The molecule has 9 heteroatoms. The zero-order valence-corrected chi connectivity index (χ0v) is 18.6. The van der Waals surface area contributed by atoms with E-state index in [1.54, 1.807) is 30.5 Å².